The minimum absolute atomic E-state index is 0.0689. The molecule has 0 aromatic carbocycles. The molecule has 3 heterocycles. The zero-order chi connectivity index (χ0) is 15.9. The molecule has 9 heteroatoms. The number of hydrogen-bond donors (Lipinski definition) is 2. The Morgan fingerprint density at radius 1 is 1.32 bits per heavy atom. The lowest BCUT2D eigenvalue weighted by Crippen LogP contribution is -2.34. The third-order valence-electron chi connectivity index (χ3n) is 4.13. The van der Waals surface area contributed by atoms with E-state index >= 15 is 0 Å². The fourth-order valence-corrected chi connectivity index (χ4v) is 5.72. The molecule has 2 atom stereocenters. The van der Waals surface area contributed by atoms with Gasteiger partial charge in [-0.05, 0) is 24.3 Å². The molecule has 2 saturated heterocycles. The Balaban J connectivity index is 1.87. The Hall–Kier alpha value is -1.00. The van der Waals surface area contributed by atoms with Gasteiger partial charge < -0.3 is 15.7 Å². The Morgan fingerprint density at radius 2 is 2.00 bits per heavy atom. The number of likely N-dealkylation sites (tertiary alicyclic amines) is 1. The van der Waals surface area contributed by atoms with Crippen molar-refractivity contribution in [1.29, 1.82) is 0 Å². The van der Waals surface area contributed by atoms with Crippen LogP contribution in [0.3, 0.4) is 0 Å². The van der Waals surface area contributed by atoms with Crippen LogP contribution in [0.15, 0.2) is 16.3 Å². The number of sulfonamides is 1. The van der Waals surface area contributed by atoms with Crippen molar-refractivity contribution < 1.29 is 18.3 Å². The van der Waals surface area contributed by atoms with Crippen molar-refractivity contribution >= 4 is 27.3 Å². The van der Waals surface area contributed by atoms with E-state index in [1.54, 1.807) is 5.38 Å². The molecular formula is C13H19N3O4S2. The summed E-state index contributed by atoms with van der Waals surface area (Å²) >= 11 is 1.11. The molecule has 0 saturated carbocycles. The number of aliphatic hydroxyl groups is 1. The van der Waals surface area contributed by atoms with Gasteiger partial charge in [-0.3, -0.25) is 4.79 Å². The molecule has 1 amide bonds. The molecule has 3 rings (SSSR count). The Kier molecular flexibility index (Phi) is 4.25. The monoisotopic (exact) mass is 345 g/mol. The summed E-state index contributed by atoms with van der Waals surface area (Å²) in [4.78, 5) is 14.3. The molecule has 0 unspecified atom stereocenters. The first-order valence-corrected chi connectivity index (χ1v) is 9.54. The third-order valence-corrected chi connectivity index (χ3v) is 7.10. The first-order valence-electron chi connectivity index (χ1n) is 7.22. The van der Waals surface area contributed by atoms with Crippen LogP contribution in [-0.4, -0.2) is 67.0 Å². The number of nitrogens with zero attached hydrogens (tertiary/aromatic N) is 2. The molecule has 22 heavy (non-hydrogen) atoms. The molecule has 1 aromatic heterocycles. The zero-order valence-corrected chi connectivity index (χ0v) is 13.6. The molecule has 0 radical (unpaired) electrons. The average Bonchev–Trinajstić information content (AvgIpc) is 3.19. The summed E-state index contributed by atoms with van der Waals surface area (Å²) in [5.74, 6) is -0.375. The van der Waals surface area contributed by atoms with Gasteiger partial charge in [0.25, 0.3) is 5.91 Å². The molecule has 1 aromatic rings. The maximum atomic E-state index is 12.7. The summed E-state index contributed by atoms with van der Waals surface area (Å²) in [6.45, 7) is 1.38. The average molecular weight is 345 g/mol. The highest BCUT2D eigenvalue weighted by Gasteiger charge is 2.36. The van der Waals surface area contributed by atoms with Crippen LogP contribution in [0.25, 0.3) is 0 Å². The molecular weight excluding hydrogens is 326 g/mol. The molecule has 2 aliphatic rings. The second-order valence-electron chi connectivity index (χ2n) is 5.67. The van der Waals surface area contributed by atoms with Gasteiger partial charge in [0.15, 0.2) is 0 Å². The van der Waals surface area contributed by atoms with E-state index in [0.29, 0.717) is 13.1 Å². The van der Waals surface area contributed by atoms with Crippen LogP contribution in [0.1, 0.15) is 22.5 Å². The van der Waals surface area contributed by atoms with E-state index in [0.717, 1.165) is 24.2 Å². The first-order chi connectivity index (χ1) is 10.4. The number of carbonyl (C=O) groups excluding carboxylic acids is 1. The van der Waals surface area contributed by atoms with Crippen molar-refractivity contribution in [2.45, 2.75) is 29.9 Å². The van der Waals surface area contributed by atoms with E-state index in [-0.39, 0.29) is 28.8 Å². The number of thiophene rings is 1. The van der Waals surface area contributed by atoms with E-state index in [2.05, 4.69) is 0 Å². The quantitative estimate of drug-likeness (QED) is 0.781. The summed E-state index contributed by atoms with van der Waals surface area (Å²) < 4.78 is 26.7. The highest BCUT2D eigenvalue weighted by atomic mass is 32.2. The molecule has 122 valence electrons. The van der Waals surface area contributed by atoms with Crippen molar-refractivity contribution in [3.63, 3.8) is 0 Å². The maximum absolute atomic E-state index is 12.7. The van der Waals surface area contributed by atoms with Crippen molar-refractivity contribution in [1.82, 2.24) is 9.21 Å². The molecule has 0 aliphatic carbocycles. The molecule has 3 N–H and O–H groups in total. The van der Waals surface area contributed by atoms with Gasteiger partial charge in [0.2, 0.25) is 10.0 Å². The van der Waals surface area contributed by atoms with Gasteiger partial charge in [-0.1, -0.05) is 0 Å². The lowest BCUT2D eigenvalue weighted by atomic mass is 10.2. The highest BCUT2D eigenvalue weighted by molar-refractivity contribution is 7.89. The highest BCUT2D eigenvalue weighted by Crippen LogP contribution is 2.29. The van der Waals surface area contributed by atoms with E-state index in [1.165, 1.54) is 15.3 Å². The topological polar surface area (TPSA) is 104 Å². The van der Waals surface area contributed by atoms with Gasteiger partial charge >= 0.3 is 0 Å². The van der Waals surface area contributed by atoms with E-state index < -0.39 is 22.2 Å². The normalized spacial score (nSPS) is 26.7. The van der Waals surface area contributed by atoms with Gasteiger partial charge in [-0.2, -0.15) is 4.31 Å². The minimum atomic E-state index is -3.63. The molecule has 0 spiro atoms. The number of aliphatic hydroxyl groups excluding tert-OH is 1. The van der Waals surface area contributed by atoms with Crippen molar-refractivity contribution in [2.75, 3.05) is 26.2 Å². The fraction of sp³-hybridized carbons (Fsp3) is 0.615. The zero-order valence-electron chi connectivity index (χ0n) is 12.0. The Morgan fingerprint density at radius 3 is 2.59 bits per heavy atom. The number of hydrogen-bond acceptors (Lipinski definition) is 6. The van der Waals surface area contributed by atoms with Crippen LogP contribution in [0.2, 0.25) is 0 Å². The minimum Gasteiger partial charge on any atom is -0.390 e. The predicted molar refractivity (Wildman–Crippen MR) is 82.2 cm³/mol. The smallest absolute Gasteiger partial charge is 0.265 e. The number of carbonyl (C=O) groups is 1. The maximum Gasteiger partial charge on any atom is 0.265 e. The molecule has 7 nitrogen and oxygen atoms in total. The summed E-state index contributed by atoms with van der Waals surface area (Å²) in [5, 5.41) is 11.3. The van der Waals surface area contributed by atoms with Gasteiger partial charge in [0, 0.05) is 32.2 Å². The lowest BCUT2D eigenvalue weighted by Gasteiger charge is -2.18. The molecule has 2 fully saturated rings. The third kappa shape index (κ3) is 2.67. The van der Waals surface area contributed by atoms with Crippen molar-refractivity contribution in [2.24, 2.45) is 5.73 Å². The van der Waals surface area contributed by atoms with Crippen LogP contribution in [0.5, 0.6) is 0 Å². The first kappa shape index (κ1) is 15.9. The standard InChI is InChI=1S/C13H19N3O4S2/c14-9-7-15(8-10(9)17)13(18)12-11(3-6-21-12)22(19,20)16-4-1-2-5-16/h3,6,9-10,17H,1-2,4-5,7-8,14H2/t9-,10-/m1/s1. The summed E-state index contributed by atoms with van der Waals surface area (Å²) in [7, 11) is -3.63. The molecule has 2 aliphatic heterocycles. The number of β-amino-alcohol motifs (C(OH)–C–C–N with tert-alkyl or cyclic N) is 1. The number of rotatable bonds is 3. The van der Waals surface area contributed by atoms with Gasteiger partial charge in [0.05, 0.1) is 6.10 Å². The summed E-state index contributed by atoms with van der Waals surface area (Å²) in [6, 6.07) is 1.00. The van der Waals surface area contributed by atoms with Crippen LogP contribution < -0.4 is 5.73 Å². The van der Waals surface area contributed by atoms with E-state index in [1.807, 2.05) is 0 Å². The Bertz CT molecular complexity index is 657. The summed E-state index contributed by atoms with van der Waals surface area (Å²) in [6.07, 6.45) is 0.933. The van der Waals surface area contributed by atoms with Crippen LogP contribution in [0, 0.1) is 0 Å². The lowest BCUT2D eigenvalue weighted by molar-refractivity contribution is 0.0766. The fourth-order valence-electron chi connectivity index (χ4n) is 2.85. The number of amides is 1. The molecule has 0 bridgehead atoms. The summed E-state index contributed by atoms with van der Waals surface area (Å²) in [5.41, 5.74) is 5.72. The SMILES string of the molecule is N[C@@H]1CN(C(=O)c2sccc2S(=O)(=O)N2CCCC2)C[C@H]1O. The van der Waals surface area contributed by atoms with Crippen LogP contribution >= 0.6 is 11.3 Å². The van der Waals surface area contributed by atoms with E-state index in [4.69, 9.17) is 5.73 Å². The largest absolute Gasteiger partial charge is 0.390 e. The predicted octanol–water partition coefficient (Wildman–Crippen LogP) is -0.323. The van der Waals surface area contributed by atoms with Gasteiger partial charge in [-0.15, -0.1) is 11.3 Å². The van der Waals surface area contributed by atoms with Crippen molar-refractivity contribution in [3.8, 4) is 0 Å². The van der Waals surface area contributed by atoms with Crippen molar-refractivity contribution in [3.05, 3.63) is 16.3 Å². The second-order valence-corrected chi connectivity index (χ2v) is 8.49. The second kappa shape index (κ2) is 5.89. The van der Waals surface area contributed by atoms with E-state index in [9.17, 15) is 18.3 Å². The van der Waals surface area contributed by atoms with Gasteiger partial charge in [0.1, 0.15) is 9.77 Å². The number of nitrogens with two attached hydrogens (primary N) is 1. The van der Waals surface area contributed by atoms with Crippen LogP contribution in [-0.2, 0) is 10.0 Å². The van der Waals surface area contributed by atoms with Gasteiger partial charge in [-0.25, -0.2) is 8.42 Å². The van der Waals surface area contributed by atoms with Crippen LogP contribution in [0.4, 0.5) is 0 Å². The Labute approximate surface area is 133 Å².